The van der Waals surface area contributed by atoms with Gasteiger partial charge in [0.15, 0.2) is 0 Å². The zero-order valence-corrected chi connectivity index (χ0v) is 11.4. The van der Waals surface area contributed by atoms with E-state index in [4.69, 9.17) is 0 Å². The summed E-state index contributed by atoms with van der Waals surface area (Å²) >= 11 is 0. The first-order valence-electron chi connectivity index (χ1n) is 6.72. The van der Waals surface area contributed by atoms with Crippen molar-refractivity contribution in [3.63, 3.8) is 0 Å². The molecule has 1 aliphatic rings. The number of carbonyl (C=O) groups excluding carboxylic acids is 1. The molecule has 1 fully saturated rings. The van der Waals surface area contributed by atoms with Gasteiger partial charge in [-0.2, -0.15) is 0 Å². The Morgan fingerprint density at radius 2 is 2.06 bits per heavy atom. The van der Waals surface area contributed by atoms with Gasteiger partial charge in [-0.15, -0.1) is 0 Å². The topological polar surface area (TPSA) is 28.5 Å². The molecule has 1 aromatic heterocycles. The number of hydrogen-bond acceptors (Lipinski definition) is 2. The van der Waals surface area contributed by atoms with Crippen molar-refractivity contribution in [1.82, 2.24) is 14.4 Å². The van der Waals surface area contributed by atoms with Crippen LogP contribution >= 0.6 is 0 Å². The molecule has 1 saturated heterocycles. The van der Waals surface area contributed by atoms with Crippen LogP contribution in [-0.4, -0.2) is 53.5 Å². The van der Waals surface area contributed by atoms with Crippen LogP contribution in [0.5, 0.6) is 0 Å². The van der Waals surface area contributed by atoms with Crippen LogP contribution in [0.4, 0.5) is 0 Å². The van der Waals surface area contributed by atoms with Crippen molar-refractivity contribution in [2.24, 2.45) is 0 Å². The van der Waals surface area contributed by atoms with Gasteiger partial charge >= 0.3 is 0 Å². The van der Waals surface area contributed by atoms with Gasteiger partial charge in [0.05, 0.1) is 0 Å². The monoisotopic (exact) mass is 249 g/mol. The fourth-order valence-electron chi connectivity index (χ4n) is 2.55. The number of rotatable bonds is 4. The molecule has 4 heteroatoms. The van der Waals surface area contributed by atoms with Crippen LogP contribution in [0, 0.1) is 0 Å². The van der Waals surface area contributed by atoms with Crippen molar-refractivity contribution in [1.29, 1.82) is 0 Å². The fraction of sp³-hybridized carbons (Fsp3) is 0.643. The molecule has 0 radical (unpaired) electrons. The minimum atomic E-state index is 0.185. The van der Waals surface area contributed by atoms with E-state index < -0.39 is 0 Å². The molecule has 1 amide bonds. The van der Waals surface area contributed by atoms with Gasteiger partial charge in [0.25, 0.3) is 0 Å². The Hall–Kier alpha value is -1.29. The highest BCUT2D eigenvalue weighted by Crippen LogP contribution is 2.15. The summed E-state index contributed by atoms with van der Waals surface area (Å²) in [7, 11) is 4.07. The molecular weight excluding hydrogens is 226 g/mol. The highest BCUT2D eigenvalue weighted by Gasteiger charge is 2.22. The molecule has 18 heavy (non-hydrogen) atoms. The lowest BCUT2D eigenvalue weighted by Crippen LogP contribution is -2.45. The maximum Gasteiger partial charge on any atom is 0.242 e. The van der Waals surface area contributed by atoms with Gasteiger partial charge in [-0.25, -0.2) is 0 Å². The van der Waals surface area contributed by atoms with Gasteiger partial charge < -0.3 is 14.4 Å². The predicted molar refractivity (Wildman–Crippen MR) is 72.3 cm³/mol. The van der Waals surface area contributed by atoms with E-state index in [0.717, 1.165) is 13.1 Å². The molecule has 0 saturated carbocycles. The third-order valence-electron chi connectivity index (χ3n) is 3.82. The third kappa shape index (κ3) is 3.35. The predicted octanol–water partition coefficient (Wildman–Crippen LogP) is 1.43. The number of likely N-dealkylation sites (tertiary alicyclic amines) is 1. The summed E-state index contributed by atoms with van der Waals surface area (Å²) in [4.78, 5) is 16.3. The Morgan fingerprint density at radius 1 is 1.33 bits per heavy atom. The van der Waals surface area contributed by atoms with Gasteiger partial charge in [-0.3, -0.25) is 4.79 Å². The first kappa shape index (κ1) is 13.1. The highest BCUT2D eigenvalue weighted by atomic mass is 16.2. The first-order valence-corrected chi connectivity index (χ1v) is 6.72. The maximum absolute atomic E-state index is 12.1. The number of aromatic nitrogens is 1. The molecule has 2 rings (SSSR count). The number of hydrogen-bond donors (Lipinski definition) is 0. The second kappa shape index (κ2) is 6.05. The van der Waals surface area contributed by atoms with Crippen molar-refractivity contribution in [3.8, 4) is 0 Å². The lowest BCUT2D eigenvalue weighted by molar-refractivity contribution is -0.131. The molecule has 0 bridgehead atoms. The van der Waals surface area contributed by atoms with Gasteiger partial charge in [-0.1, -0.05) is 6.42 Å². The molecule has 1 atom stereocenters. The van der Waals surface area contributed by atoms with E-state index >= 15 is 0 Å². The van der Waals surface area contributed by atoms with Crippen LogP contribution < -0.4 is 0 Å². The summed E-state index contributed by atoms with van der Waals surface area (Å²) in [5.74, 6) is 0.185. The highest BCUT2D eigenvalue weighted by molar-refractivity contribution is 5.75. The molecule has 0 spiro atoms. The number of carbonyl (C=O) groups is 1. The van der Waals surface area contributed by atoms with E-state index in [1.807, 2.05) is 41.0 Å². The standard InChI is InChI=1S/C14H23N3O/c1-15-8-4-3-7-13(15)11-16(2)14(18)12-17-9-5-6-10-17/h5-6,9-10,13H,3-4,7-8,11-12H2,1-2H3/t13-/m1/s1. The smallest absolute Gasteiger partial charge is 0.242 e. The molecular formula is C14H23N3O. The Kier molecular flexibility index (Phi) is 4.42. The molecule has 4 nitrogen and oxygen atoms in total. The van der Waals surface area contributed by atoms with Crippen molar-refractivity contribution in [3.05, 3.63) is 24.5 Å². The summed E-state index contributed by atoms with van der Waals surface area (Å²) in [5.41, 5.74) is 0. The second-order valence-electron chi connectivity index (χ2n) is 5.26. The Labute approximate surface area is 109 Å². The Bertz CT molecular complexity index is 374. The SMILES string of the molecule is CN(C[C@H]1CCCCN1C)C(=O)Cn1cccc1. The number of piperidine rings is 1. The molecule has 0 unspecified atom stereocenters. The van der Waals surface area contributed by atoms with Gasteiger partial charge in [0.1, 0.15) is 6.54 Å². The summed E-state index contributed by atoms with van der Waals surface area (Å²) in [6.07, 6.45) is 7.64. The maximum atomic E-state index is 12.1. The summed E-state index contributed by atoms with van der Waals surface area (Å²) in [6, 6.07) is 4.42. The Morgan fingerprint density at radius 3 is 2.72 bits per heavy atom. The fourth-order valence-corrected chi connectivity index (χ4v) is 2.55. The molecule has 2 heterocycles. The average Bonchev–Trinajstić information content (AvgIpc) is 2.84. The van der Waals surface area contributed by atoms with E-state index in [0.29, 0.717) is 12.6 Å². The van der Waals surface area contributed by atoms with Crippen molar-refractivity contribution < 1.29 is 4.79 Å². The van der Waals surface area contributed by atoms with Gasteiger partial charge in [0, 0.05) is 32.0 Å². The second-order valence-corrected chi connectivity index (χ2v) is 5.26. The minimum Gasteiger partial charge on any atom is -0.345 e. The largest absolute Gasteiger partial charge is 0.345 e. The van der Waals surface area contributed by atoms with Crippen LogP contribution in [0.2, 0.25) is 0 Å². The normalized spacial score (nSPS) is 20.9. The van der Waals surface area contributed by atoms with Crippen LogP contribution in [0.25, 0.3) is 0 Å². The summed E-state index contributed by atoms with van der Waals surface area (Å²) < 4.78 is 1.92. The summed E-state index contributed by atoms with van der Waals surface area (Å²) in [6.45, 7) is 2.45. The van der Waals surface area contributed by atoms with Crippen LogP contribution in [0.3, 0.4) is 0 Å². The van der Waals surface area contributed by atoms with E-state index in [2.05, 4.69) is 11.9 Å². The van der Waals surface area contributed by atoms with E-state index in [1.54, 1.807) is 0 Å². The third-order valence-corrected chi connectivity index (χ3v) is 3.82. The molecule has 1 aliphatic heterocycles. The molecule has 1 aromatic rings. The van der Waals surface area contributed by atoms with Gasteiger partial charge in [0.2, 0.25) is 5.91 Å². The van der Waals surface area contributed by atoms with Crippen molar-refractivity contribution in [2.45, 2.75) is 31.8 Å². The summed E-state index contributed by atoms with van der Waals surface area (Å²) in [5, 5.41) is 0. The number of nitrogens with zero attached hydrogens (tertiary/aromatic N) is 3. The first-order chi connectivity index (χ1) is 8.66. The van der Waals surface area contributed by atoms with E-state index in [9.17, 15) is 4.79 Å². The molecule has 0 N–H and O–H groups in total. The number of amides is 1. The lowest BCUT2D eigenvalue weighted by Gasteiger charge is -2.35. The molecule has 100 valence electrons. The Balaban J connectivity index is 1.83. The lowest BCUT2D eigenvalue weighted by atomic mass is 10.0. The van der Waals surface area contributed by atoms with Crippen LogP contribution in [-0.2, 0) is 11.3 Å². The molecule has 0 aliphatic carbocycles. The minimum absolute atomic E-state index is 0.185. The quantitative estimate of drug-likeness (QED) is 0.807. The van der Waals surface area contributed by atoms with Crippen molar-refractivity contribution >= 4 is 5.91 Å². The van der Waals surface area contributed by atoms with Crippen LogP contribution in [0.15, 0.2) is 24.5 Å². The van der Waals surface area contributed by atoms with Crippen LogP contribution in [0.1, 0.15) is 19.3 Å². The average molecular weight is 249 g/mol. The van der Waals surface area contributed by atoms with E-state index in [-0.39, 0.29) is 5.91 Å². The molecule has 0 aromatic carbocycles. The van der Waals surface area contributed by atoms with Gasteiger partial charge in [-0.05, 0) is 38.6 Å². The van der Waals surface area contributed by atoms with Crippen molar-refractivity contribution in [2.75, 3.05) is 27.2 Å². The number of likely N-dealkylation sites (N-methyl/N-ethyl adjacent to an activating group) is 2. The van der Waals surface area contributed by atoms with E-state index in [1.165, 1.54) is 19.3 Å². The zero-order chi connectivity index (χ0) is 13.0. The zero-order valence-electron chi connectivity index (χ0n) is 11.4.